The number of aromatic amines is 1. The first-order chi connectivity index (χ1) is 13.2. The second kappa shape index (κ2) is 8.12. The number of nitrogens with zero attached hydrogens (tertiary/aromatic N) is 3. The van der Waals surface area contributed by atoms with Gasteiger partial charge in [-0.05, 0) is 24.3 Å². The quantitative estimate of drug-likeness (QED) is 0.640. The summed E-state index contributed by atoms with van der Waals surface area (Å²) in [5, 5.41) is 10.3. The molecule has 0 bridgehead atoms. The number of H-pyrrole nitrogens is 1. The number of rotatable bonds is 6. The molecule has 0 aliphatic carbocycles. The zero-order chi connectivity index (χ0) is 18.6. The van der Waals surface area contributed by atoms with Gasteiger partial charge < -0.3 is 15.0 Å². The van der Waals surface area contributed by atoms with E-state index in [-0.39, 0.29) is 12.3 Å². The van der Waals surface area contributed by atoms with E-state index in [1.165, 1.54) is 11.3 Å². The van der Waals surface area contributed by atoms with E-state index < -0.39 is 0 Å². The molecule has 0 spiro atoms. The van der Waals surface area contributed by atoms with Gasteiger partial charge in [-0.1, -0.05) is 42.1 Å². The van der Waals surface area contributed by atoms with Gasteiger partial charge in [0.05, 0.1) is 0 Å². The van der Waals surface area contributed by atoms with Crippen molar-refractivity contribution in [3.8, 4) is 11.4 Å². The molecule has 1 fully saturated rings. The Labute approximate surface area is 163 Å². The lowest BCUT2D eigenvalue weighted by molar-refractivity contribution is -0.697. The minimum atomic E-state index is 0.0684. The molecule has 0 radical (unpaired) electrons. The SMILES string of the molecule is CN(C)c1ccc([C@@H]2[NH2+]C[C@H](CSc3n[nH]c(-c4ccccc4)n3)O2)cc1. The van der Waals surface area contributed by atoms with Crippen molar-refractivity contribution >= 4 is 17.4 Å². The van der Waals surface area contributed by atoms with Gasteiger partial charge in [0.15, 0.2) is 5.82 Å². The maximum Gasteiger partial charge on any atom is 0.217 e. The number of aromatic nitrogens is 3. The Morgan fingerprint density at radius 2 is 1.93 bits per heavy atom. The number of hydrogen-bond donors (Lipinski definition) is 2. The van der Waals surface area contributed by atoms with Gasteiger partial charge in [-0.25, -0.2) is 4.98 Å². The van der Waals surface area contributed by atoms with Crippen LogP contribution in [0.3, 0.4) is 0 Å². The lowest BCUT2D eigenvalue weighted by atomic mass is 10.2. The molecule has 4 rings (SSSR count). The van der Waals surface area contributed by atoms with Crippen molar-refractivity contribution in [3.63, 3.8) is 0 Å². The first-order valence-electron chi connectivity index (χ1n) is 9.06. The topological polar surface area (TPSA) is 70.7 Å². The van der Waals surface area contributed by atoms with Gasteiger partial charge in [0.2, 0.25) is 11.4 Å². The van der Waals surface area contributed by atoms with Crippen LogP contribution in [0.5, 0.6) is 0 Å². The molecular weight excluding hydrogens is 358 g/mol. The van der Waals surface area contributed by atoms with Gasteiger partial charge in [-0.15, -0.1) is 5.10 Å². The predicted octanol–water partition coefficient (Wildman–Crippen LogP) is 2.29. The van der Waals surface area contributed by atoms with E-state index in [0.29, 0.717) is 0 Å². The normalized spacial score (nSPS) is 19.3. The molecule has 6 nitrogen and oxygen atoms in total. The van der Waals surface area contributed by atoms with E-state index in [4.69, 9.17) is 4.74 Å². The van der Waals surface area contributed by atoms with E-state index in [9.17, 15) is 0 Å². The summed E-state index contributed by atoms with van der Waals surface area (Å²) in [7, 11) is 4.10. The molecule has 0 saturated carbocycles. The molecule has 1 aliphatic rings. The van der Waals surface area contributed by atoms with E-state index >= 15 is 0 Å². The van der Waals surface area contributed by atoms with Gasteiger partial charge in [0.1, 0.15) is 12.6 Å². The van der Waals surface area contributed by atoms with Crippen LogP contribution in [0, 0.1) is 0 Å². The molecule has 7 heteroatoms. The fourth-order valence-corrected chi connectivity index (χ4v) is 3.90. The molecule has 27 heavy (non-hydrogen) atoms. The summed E-state index contributed by atoms with van der Waals surface area (Å²) in [5.41, 5.74) is 3.45. The molecule has 1 aliphatic heterocycles. The van der Waals surface area contributed by atoms with Crippen LogP contribution < -0.4 is 10.2 Å². The molecule has 140 valence electrons. The monoisotopic (exact) mass is 382 g/mol. The zero-order valence-corrected chi connectivity index (χ0v) is 16.3. The molecule has 0 unspecified atom stereocenters. The van der Waals surface area contributed by atoms with Gasteiger partial charge in [-0.3, -0.25) is 5.10 Å². The number of ether oxygens (including phenoxy) is 1. The van der Waals surface area contributed by atoms with Gasteiger partial charge in [0, 0.05) is 36.7 Å². The fraction of sp³-hybridized carbons (Fsp3) is 0.300. The van der Waals surface area contributed by atoms with Gasteiger partial charge in [-0.2, -0.15) is 0 Å². The molecule has 3 N–H and O–H groups in total. The maximum absolute atomic E-state index is 6.21. The van der Waals surface area contributed by atoms with Crippen molar-refractivity contribution in [2.24, 2.45) is 0 Å². The van der Waals surface area contributed by atoms with E-state index in [2.05, 4.69) is 49.7 Å². The minimum absolute atomic E-state index is 0.0684. The Bertz CT molecular complexity index is 866. The third-order valence-corrected chi connectivity index (χ3v) is 5.58. The Kier molecular flexibility index (Phi) is 5.42. The number of benzene rings is 2. The van der Waals surface area contributed by atoms with Crippen LogP contribution in [0.4, 0.5) is 5.69 Å². The van der Waals surface area contributed by atoms with Crippen LogP contribution in [0.15, 0.2) is 59.8 Å². The number of hydrogen-bond acceptors (Lipinski definition) is 5. The highest BCUT2D eigenvalue weighted by atomic mass is 32.2. The highest BCUT2D eigenvalue weighted by molar-refractivity contribution is 7.99. The molecule has 2 aromatic carbocycles. The van der Waals surface area contributed by atoms with Crippen molar-refractivity contribution in [1.82, 2.24) is 15.2 Å². The van der Waals surface area contributed by atoms with Crippen molar-refractivity contribution < 1.29 is 10.1 Å². The molecule has 2 atom stereocenters. The van der Waals surface area contributed by atoms with Crippen LogP contribution in [-0.2, 0) is 4.74 Å². The summed E-state index contributed by atoms with van der Waals surface area (Å²) in [4.78, 5) is 6.67. The highest BCUT2D eigenvalue weighted by Crippen LogP contribution is 2.24. The van der Waals surface area contributed by atoms with Crippen molar-refractivity contribution in [2.75, 3.05) is 31.3 Å². The van der Waals surface area contributed by atoms with Crippen molar-refractivity contribution in [1.29, 1.82) is 0 Å². The molecule has 2 heterocycles. The zero-order valence-electron chi connectivity index (χ0n) is 15.5. The molecule has 1 saturated heterocycles. The number of nitrogens with two attached hydrogens (primary N) is 1. The lowest BCUT2D eigenvalue weighted by Gasteiger charge is -2.14. The van der Waals surface area contributed by atoms with E-state index in [0.717, 1.165) is 28.8 Å². The number of quaternary nitrogens is 1. The summed E-state index contributed by atoms with van der Waals surface area (Å²) < 4.78 is 6.21. The van der Waals surface area contributed by atoms with E-state index in [1.807, 2.05) is 44.4 Å². The van der Waals surface area contributed by atoms with Crippen molar-refractivity contribution in [2.45, 2.75) is 17.5 Å². The summed E-state index contributed by atoms with van der Waals surface area (Å²) in [6.45, 7) is 0.947. The molecule has 1 aromatic heterocycles. The van der Waals surface area contributed by atoms with Gasteiger partial charge >= 0.3 is 0 Å². The smallest absolute Gasteiger partial charge is 0.217 e. The Hall–Kier alpha value is -2.35. The minimum Gasteiger partial charge on any atom is -0.378 e. The van der Waals surface area contributed by atoms with Crippen LogP contribution in [0.25, 0.3) is 11.4 Å². The second-order valence-electron chi connectivity index (χ2n) is 6.78. The molecular formula is C20H24N5OS+. The predicted molar refractivity (Wildman–Crippen MR) is 108 cm³/mol. The third-order valence-electron chi connectivity index (χ3n) is 4.60. The summed E-state index contributed by atoms with van der Waals surface area (Å²) >= 11 is 1.63. The fourth-order valence-electron chi connectivity index (χ4n) is 3.08. The van der Waals surface area contributed by atoms with Crippen LogP contribution in [0.2, 0.25) is 0 Å². The largest absolute Gasteiger partial charge is 0.378 e. The second-order valence-corrected chi connectivity index (χ2v) is 7.77. The summed E-state index contributed by atoms with van der Waals surface area (Å²) in [5.74, 6) is 1.64. The van der Waals surface area contributed by atoms with Crippen LogP contribution in [0.1, 0.15) is 11.8 Å². The Morgan fingerprint density at radius 3 is 2.67 bits per heavy atom. The Balaban J connectivity index is 1.31. The van der Waals surface area contributed by atoms with Gasteiger partial charge in [0.25, 0.3) is 0 Å². The van der Waals surface area contributed by atoms with Crippen LogP contribution in [-0.4, -0.2) is 47.7 Å². The average Bonchev–Trinajstić information content (AvgIpc) is 3.37. The maximum atomic E-state index is 6.21. The Morgan fingerprint density at radius 1 is 1.15 bits per heavy atom. The molecule has 3 aromatic rings. The first kappa shape index (κ1) is 18.0. The average molecular weight is 383 g/mol. The van der Waals surface area contributed by atoms with E-state index in [1.54, 1.807) is 11.8 Å². The summed E-state index contributed by atoms with van der Waals surface area (Å²) in [6, 6.07) is 18.6. The number of anilines is 1. The first-order valence-corrected chi connectivity index (χ1v) is 10.0. The summed E-state index contributed by atoms with van der Waals surface area (Å²) in [6.07, 6.45) is 0.256. The number of thioether (sulfide) groups is 1. The highest BCUT2D eigenvalue weighted by Gasteiger charge is 2.30. The van der Waals surface area contributed by atoms with Crippen molar-refractivity contribution in [3.05, 3.63) is 60.2 Å². The number of nitrogens with one attached hydrogen (secondary N) is 1. The van der Waals surface area contributed by atoms with Crippen LogP contribution >= 0.6 is 11.8 Å². The lowest BCUT2D eigenvalue weighted by Crippen LogP contribution is -2.82. The molecule has 0 amide bonds. The standard InChI is InChI=1S/C20H23N5OS/c1-25(2)16-10-8-15(9-11-16)19-21-12-17(26-19)13-27-20-22-18(23-24-20)14-6-4-3-5-7-14/h3-11,17,19,21H,12-13H2,1-2H3,(H,22,23,24)/p+1/t17-,19-/m1/s1. The third kappa shape index (κ3) is 4.32.